The Balaban J connectivity index is 1.12. The van der Waals surface area contributed by atoms with Crippen LogP contribution >= 0.6 is 0 Å². The molecule has 0 saturated carbocycles. The van der Waals surface area contributed by atoms with Crippen LogP contribution in [0.1, 0.15) is 16.7 Å². The van der Waals surface area contributed by atoms with Gasteiger partial charge in [-0.1, -0.05) is 164 Å². The lowest BCUT2D eigenvalue weighted by molar-refractivity contribution is -0.119. The quantitative estimate of drug-likeness (QED) is 0.183. The standard InChI is InChI=1S/C47H30N4O/c52-46-47(39-24-12-13-26-41(39)51(46)35-19-8-3-9-20-35)38-23-11-10-21-37(38)42-36(22-14-25-40(42)47)31-27-29-34(30-28-31)45-49-43(32-15-4-1-5-16-32)48-44(50-45)33-17-6-2-7-18-33/h1-30H. The molecular formula is C47H30N4O. The Morgan fingerprint density at radius 1 is 0.385 bits per heavy atom. The fraction of sp³-hybridized carbons (Fsp3) is 0.0213. The van der Waals surface area contributed by atoms with Gasteiger partial charge in [0.15, 0.2) is 17.5 Å². The number of hydrogen-bond donors (Lipinski definition) is 0. The van der Waals surface area contributed by atoms with Crippen molar-refractivity contribution in [3.63, 3.8) is 0 Å². The Hall–Kier alpha value is -6.98. The molecule has 1 spiro atoms. The molecule has 2 heterocycles. The summed E-state index contributed by atoms with van der Waals surface area (Å²) in [4.78, 5) is 31.7. The average Bonchev–Trinajstić information content (AvgIpc) is 3.68. The average molecular weight is 667 g/mol. The van der Waals surface area contributed by atoms with Crippen molar-refractivity contribution in [2.45, 2.75) is 5.41 Å². The van der Waals surface area contributed by atoms with Gasteiger partial charge in [0.05, 0.1) is 5.69 Å². The summed E-state index contributed by atoms with van der Waals surface area (Å²) in [5, 5.41) is 0. The third-order valence-corrected chi connectivity index (χ3v) is 10.3. The Labute approximate surface area is 301 Å². The van der Waals surface area contributed by atoms with E-state index in [0.717, 1.165) is 67.0 Å². The molecule has 0 fully saturated rings. The highest BCUT2D eigenvalue weighted by molar-refractivity contribution is 6.20. The molecule has 2 aliphatic rings. The molecule has 5 nitrogen and oxygen atoms in total. The SMILES string of the molecule is O=C1N(c2ccccc2)c2ccccc2C12c1ccccc1-c1c(-c3ccc(-c4nc(-c5ccccc5)nc(-c5ccccc5)n4)cc3)cccc12. The lowest BCUT2D eigenvalue weighted by Crippen LogP contribution is -2.38. The van der Waals surface area contributed by atoms with Crippen molar-refractivity contribution in [2.24, 2.45) is 0 Å². The van der Waals surface area contributed by atoms with Crippen molar-refractivity contribution in [2.75, 3.05) is 4.90 Å². The number of aromatic nitrogens is 3. The second-order valence-corrected chi connectivity index (χ2v) is 13.1. The van der Waals surface area contributed by atoms with Gasteiger partial charge in [0.2, 0.25) is 0 Å². The molecule has 1 aliphatic heterocycles. The molecule has 0 N–H and O–H groups in total. The number of hydrogen-bond acceptors (Lipinski definition) is 4. The van der Waals surface area contributed by atoms with Gasteiger partial charge in [-0.3, -0.25) is 9.69 Å². The summed E-state index contributed by atoms with van der Waals surface area (Å²) in [6.45, 7) is 0. The predicted molar refractivity (Wildman–Crippen MR) is 207 cm³/mol. The van der Waals surface area contributed by atoms with Crippen LogP contribution in [0, 0.1) is 0 Å². The number of amides is 1. The summed E-state index contributed by atoms with van der Waals surface area (Å²) < 4.78 is 0. The zero-order valence-electron chi connectivity index (χ0n) is 28.0. The summed E-state index contributed by atoms with van der Waals surface area (Å²) in [5.74, 6) is 1.90. The van der Waals surface area contributed by atoms with Crippen molar-refractivity contribution in [3.05, 3.63) is 199 Å². The minimum Gasteiger partial charge on any atom is -0.279 e. The van der Waals surface area contributed by atoms with Gasteiger partial charge >= 0.3 is 0 Å². The molecule has 10 rings (SSSR count). The minimum absolute atomic E-state index is 0.0388. The summed E-state index contributed by atoms with van der Waals surface area (Å²) >= 11 is 0. The first-order valence-corrected chi connectivity index (χ1v) is 17.4. The van der Waals surface area contributed by atoms with Crippen molar-refractivity contribution in [1.29, 1.82) is 0 Å². The van der Waals surface area contributed by atoms with Crippen molar-refractivity contribution >= 4 is 17.3 Å². The fourth-order valence-corrected chi connectivity index (χ4v) is 8.04. The smallest absolute Gasteiger partial charge is 0.251 e. The number of anilines is 2. The maximum Gasteiger partial charge on any atom is 0.251 e. The molecule has 52 heavy (non-hydrogen) atoms. The monoisotopic (exact) mass is 666 g/mol. The molecular weight excluding hydrogens is 637 g/mol. The number of fused-ring (bicyclic) bond motifs is 7. The van der Waals surface area contributed by atoms with E-state index < -0.39 is 5.41 Å². The van der Waals surface area contributed by atoms with Crippen LogP contribution in [0.5, 0.6) is 0 Å². The normalized spacial score (nSPS) is 15.4. The van der Waals surface area contributed by atoms with Crippen LogP contribution in [-0.4, -0.2) is 20.9 Å². The molecule has 7 aromatic carbocycles. The molecule has 1 amide bonds. The lowest BCUT2D eigenvalue weighted by atomic mass is 9.73. The number of rotatable bonds is 5. The highest BCUT2D eigenvalue weighted by Crippen LogP contribution is 2.61. The second kappa shape index (κ2) is 11.8. The largest absolute Gasteiger partial charge is 0.279 e. The molecule has 1 aromatic heterocycles. The first kappa shape index (κ1) is 29.9. The van der Waals surface area contributed by atoms with E-state index >= 15 is 4.79 Å². The van der Waals surface area contributed by atoms with E-state index in [-0.39, 0.29) is 5.91 Å². The van der Waals surface area contributed by atoms with Crippen LogP contribution in [0.3, 0.4) is 0 Å². The summed E-state index contributed by atoms with van der Waals surface area (Å²) in [5.41, 5.74) is 10.9. The highest BCUT2D eigenvalue weighted by Gasteiger charge is 2.58. The maximum absolute atomic E-state index is 15.1. The van der Waals surface area contributed by atoms with Gasteiger partial charge < -0.3 is 0 Å². The molecule has 0 bridgehead atoms. The van der Waals surface area contributed by atoms with E-state index in [1.54, 1.807) is 0 Å². The lowest BCUT2D eigenvalue weighted by Gasteiger charge is -2.27. The van der Waals surface area contributed by atoms with E-state index in [4.69, 9.17) is 15.0 Å². The number of nitrogens with zero attached hydrogens (tertiary/aromatic N) is 4. The van der Waals surface area contributed by atoms with Gasteiger partial charge in [-0.05, 0) is 51.6 Å². The van der Waals surface area contributed by atoms with E-state index in [1.807, 2.05) is 114 Å². The van der Waals surface area contributed by atoms with E-state index in [0.29, 0.717) is 17.5 Å². The molecule has 8 aromatic rings. The number of para-hydroxylation sites is 2. The zero-order valence-corrected chi connectivity index (χ0v) is 28.0. The summed E-state index contributed by atoms with van der Waals surface area (Å²) in [6, 6.07) is 61.4. The first-order valence-electron chi connectivity index (χ1n) is 17.4. The topological polar surface area (TPSA) is 59.0 Å². The van der Waals surface area contributed by atoms with E-state index in [1.165, 1.54) is 0 Å². The van der Waals surface area contributed by atoms with Crippen LogP contribution < -0.4 is 4.90 Å². The molecule has 0 saturated heterocycles. The van der Waals surface area contributed by atoms with Crippen LogP contribution in [0.4, 0.5) is 11.4 Å². The van der Waals surface area contributed by atoms with Gasteiger partial charge in [0.1, 0.15) is 5.41 Å². The van der Waals surface area contributed by atoms with Crippen LogP contribution in [0.25, 0.3) is 56.4 Å². The molecule has 1 aliphatic carbocycles. The zero-order chi connectivity index (χ0) is 34.6. The maximum atomic E-state index is 15.1. The Morgan fingerprint density at radius 3 is 1.48 bits per heavy atom. The molecule has 1 atom stereocenters. The highest BCUT2D eigenvalue weighted by atomic mass is 16.2. The minimum atomic E-state index is -0.971. The fourth-order valence-electron chi connectivity index (χ4n) is 8.04. The van der Waals surface area contributed by atoms with Crippen LogP contribution in [0.15, 0.2) is 182 Å². The molecule has 1 unspecified atom stereocenters. The first-order chi connectivity index (χ1) is 25.7. The van der Waals surface area contributed by atoms with E-state index in [9.17, 15) is 0 Å². The molecule has 5 heteroatoms. The van der Waals surface area contributed by atoms with Crippen molar-refractivity contribution in [3.8, 4) is 56.4 Å². The van der Waals surface area contributed by atoms with E-state index in [2.05, 4.69) is 72.8 Å². The van der Waals surface area contributed by atoms with Crippen LogP contribution in [0.2, 0.25) is 0 Å². The Kier molecular flexibility index (Phi) is 6.80. The van der Waals surface area contributed by atoms with Crippen LogP contribution in [-0.2, 0) is 10.2 Å². The van der Waals surface area contributed by atoms with Gasteiger partial charge in [-0.25, -0.2) is 15.0 Å². The second-order valence-electron chi connectivity index (χ2n) is 13.1. The van der Waals surface area contributed by atoms with Gasteiger partial charge in [-0.15, -0.1) is 0 Å². The predicted octanol–water partition coefficient (Wildman–Crippen LogP) is 10.5. The molecule has 0 radical (unpaired) electrons. The summed E-state index contributed by atoms with van der Waals surface area (Å²) in [6.07, 6.45) is 0. The van der Waals surface area contributed by atoms with Gasteiger partial charge in [0.25, 0.3) is 5.91 Å². The summed E-state index contributed by atoms with van der Waals surface area (Å²) in [7, 11) is 0. The Bertz CT molecular complexity index is 2580. The van der Waals surface area contributed by atoms with Crippen molar-refractivity contribution < 1.29 is 4.79 Å². The number of benzene rings is 7. The van der Waals surface area contributed by atoms with Crippen molar-refractivity contribution in [1.82, 2.24) is 15.0 Å². The molecule has 244 valence electrons. The number of carbonyl (C=O) groups is 1. The third kappa shape index (κ3) is 4.42. The number of carbonyl (C=O) groups excluding carboxylic acids is 1. The van der Waals surface area contributed by atoms with Gasteiger partial charge in [0, 0.05) is 27.9 Å². The Morgan fingerprint density at radius 2 is 0.846 bits per heavy atom. The third-order valence-electron chi connectivity index (χ3n) is 10.3. The van der Waals surface area contributed by atoms with Gasteiger partial charge in [-0.2, -0.15) is 0 Å².